The predicted octanol–water partition coefficient (Wildman–Crippen LogP) is 8.06. The first kappa shape index (κ1) is 33.6. The summed E-state index contributed by atoms with van der Waals surface area (Å²) >= 11 is 0. The molecule has 0 aromatic rings. The van der Waals surface area contributed by atoms with Crippen molar-refractivity contribution in [1.82, 2.24) is 5.32 Å². The quantitative estimate of drug-likeness (QED) is 0.0795. The van der Waals surface area contributed by atoms with E-state index in [0.717, 1.165) is 19.3 Å². The molecule has 1 atom stereocenters. The number of carbonyl (C=O) groups excluding carboxylic acids is 1. The molecule has 0 heterocycles. The first-order valence-electron chi connectivity index (χ1n) is 15.0. The maximum Gasteiger partial charge on any atom is 0.326 e. The third-order valence-electron chi connectivity index (χ3n) is 6.81. The summed E-state index contributed by atoms with van der Waals surface area (Å²) < 4.78 is 0. The highest BCUT2D eigenvalue weighted by atomic mass is 16.4. The van der Waals surface area contributed by atoms with Crippen LogP contribution in [0.4, 0.5) is 0 Å². The molecule has 0 unspecified atom stereocenters. The highest BCUT2D eigenvalue weighted by Gasteiger charge is 2.17. The van der Waals surface area contributed by atoms with Crippen LogP contribution >= 0.6 is 0 Å². The smallest absolute Gasteiger partial charge is 0.326 e. The molecule has 4 N–H and O–H groups in total. The molecule has 0 fully saturated rings. The minimum atomic E-state index is -0.984. The average molecular weight is 495 g/mol. The molecule has 0 aromatic carbocycles. The van der Waals surface area contributed by atoms with E-state index in [4.69, 9.17) is 5.73 Å². The van der Waals surface area contributed by atoms with Crippen molar-refractivity contribution in [2.75, 3.05) is 6.54 Å². The maximum absolute atomic E-state index is 11.9. The summed E-state index contributed by atoms with van der Waals surface area (Å²) in [5, 5.41) is 11.8. The number of hydrogen-bond acceptors (Lipinski definition) is 3. The lowest BCUT2D eigenvalue weighted by atomic mass is 10.0. The van der Waals surface area contributed by atoms with E-state index in [1.165, 1.54) is 122 Å². The van der Waals surface area contributed by atoms with Crippen LogP contribution in [0.5, 0.6) is 0 Å². The van der Waals surface area contributed by atoms with Crippen LogP contribution in [-0.2, 0) is 9.59 Å². The van der Waals surface area contributed by atoms with Gasteiger partial charge in [-0.15, -0.1) is 0 Å². The van der Waals surface area contributed by atoms with Crippen LogP contribution in [0.2, 0.25) is 0 Å². The van der Waals surface area contributed by atoms with Crippen LogP contribution in [0.3, 0.4) is 0 Å². The standard InChI is InChI=1S/C30H58N2O3/c1-2-3-4-5-6-7-8-9-10-11-12-13-14-15-16-17-18-19-20-21-22-26-29(33)32-28(30(34)35)25-23-24-27-31/h22,26,28H,2-21,23-25,27,31H2,1H3,(H,32,33)(H,34,35)/b26-22+/t28-/m0/s1. The third kappa shape index (κ3) is 25.5. The van der Waals surface area contributed by atoms with Gasteiger partial charge < -0.3 is 16.2 Å². The molecule has 0 saturated carbocycles. The Balaban J connectivity index is 3.39. The van der Waals surface area contributed by atoms with Gasteiger partial charge in [-0.3, -0.25) is 4.79 Å². The summed E-state index contributed by atoms with van der Waals surface area (Å²) in [6, 6.07) is -0.825. The average Bonchev–Trinajstić information content (AvgIpc) is 2.84. The molecule has 5 nitrogen and oxygen atoms in total. The minimum Gasteiger partial charge on any atom is -0.480 e. The number of aliphatic carboxylic acids is 1. The maximum atomic E-state index is 11.9. The molecular formula is C30H58N2O3. The molecule has 0 saturated heterocycles. The van der Waals surface area contributed by atoms with Crippen LogP contribution in [0, 0.1) is 0 Å². The van der Waals surface area contributed by atoms with E-state index >= 15 is 0 Å². The van der Waals surface area contributed by atoms with E-state index < -0.39 is 12.0 Å². The lowest BCUT2D eigenvalue weighted by Gasteiger charge is -2.12. The summed E-state index contributed by atoms with van der Waals surface area (Å²) in [5.74, 6) is -1.30. The Hall–Kier alpha value is -1.36. The SMILES string of the molecule is CCCCCCCCCCCCCCCCCCCCC/C=C/C(=O)N[C@@H](CCCCN)C(=O)O. The molecule has 5 heteroatoms. The van der Waals surface area contributed by atoms with Crippen LogP contribution in [0.25, 0.3) is 0 Å². The number of nitrogens with two attached hydrogens (primary N) is 1. The number of hydrogen-bond donors (Lipinski definition) is 3. The van der Waals surface area contributed by atoms with Crippen molar-refractivity contribution >= 4 is 11.9 Å². The van der Waals surface area contributed by atoms with Gasteiger partial charge >= 0.3 is 5.97 Å². The fraction of sp³-hybridized carbons (Fsp3) is 0.867. The van der Waals surface area contributed by atoms with E-state index in [9.17, 15) is 14.7 Å². The van der Waals surface area contributed by atoms with Crippen molar-refractivity contribution in [3.63, 3.8) is 0 Å². The normalized spacial score (nSPS) is 12.3. The Morgan fingerprint density at radius 2 is 1.11 bits per heavy atom. The summed E-state index contributed by atoms with van der Waals surface area (Å²) in [6.45, 7) is 2.82. The number of nitrogens with one attached hydrogen (secondary N) is 1. The number of allylic oxidation sites excluding steroid dienone is 1. The molecule has 0 aliphatic rings. The monoisotopic (exact) mass is 494 g/mol. The molecular weight excluding hydrogens is 436 g/mol. The predicted molar refractivity (Wildman–Crippen MR) is 150 cm³/mol. The van der Waals surface area contributed by atoms with Crippen LogP contribution < -0.4 is 11.1 Å². The lowest BCUT2D eigenvalue weighted by Crippen LogP contribution is -2.40. The van der Waals surface area contributed by atoms with Gasteiger partial charge in [0.15, 0.2) is 0 Å². The summed E-state index contributed by atoms with van der Waals surface area (Å²) in [7, 11) is 0. The Morgan fingerprint density at radius 1 is 0.686 bits per heavy atom. The topological polar surface area (TPSA) is 92.4 Å². The number of unbranched alkanes of at least 4 members (excludes halogenated alkanes) is 20. The van der Waals surface area contributed by atoms with Gasteiger partial charge in [-0.2, -0.15) is 0 Å². The molecule has 0 aromatic heterocycles. The molecule has 1 amide bonds. The minimum absolute atomic E-state index is 0.317. The highest BCUT2D eigenvalue weighted by Crippen LogP contribution is 2.15. The number of rotatable bonds is 27. The van der Waals surface area contributed by atoms with Crippen molar-refractivity contribution in [2.24, 2.45) is 5.73 Å². The fourth-order valence-corrected chi connectivity index (χ4v) is 4.50. The summed E-state index contributed by atoms with van der Waals surface area (Å²) in [6.07, 6.45) is 32.1. The van der Waals surface area contributed by atoms with E-state index in [-0.39, 0.29) is 5.91 Å². The van der Waals surface area contributed by atoms with Crippen LogP contribution in [0.15, 0.2) is 12.2 Å². The van der Waals surface area contributed by atoms with Gasteiger partial charge in [0.25, 0.3) is 0 Å². The molecule has 0 aliphatic heterocycles. The van der Waals surface area contributed by atoms with E-state index in [2.05, 4.69) is 12.2 Å². The Morgan fingerprint density at radius 3 is 1.51 bits per heavy atom. The van der Waals surface area contributed by atoms with Gasteiger partial charge in [0.2, 0.25) is 5.91 Å². The van der Waals surface area contributed by atoms with Crippen molar-refractivity contribution in [3.8, 4) is 0 Å². The van der Waals surface area contributed by atoms with Gasteiger partial charge in [-0.25, -0.2) is 4.79 Å². The van der Waals surface area contributed by atoms with Gasteiger partial charge in [0.05, 0.1) is 0 Å². The van der Waals surface area contributed by atoms with Crippen molar-refractivity contribution < 1.29 is 14.7 Å². The molecule has 0 rings (SSSR count). The molecule has 206 valence electrons. The molecule has 35 heavy (non-hydrogen) atoms. The molecule has 0 spiro atoms. The highest BCUT2D eigenvalue weighted by molar-refractivity contribution is 5.91. The van der Waals surface area contributed by atoms with Gasteiger partial charge in [-0.05, 0) is 44.7 Å². The fourth-order valence-electron chi connectivity index (χ4n) is 4.50. The van der Waals surface area contributed by atoms with Crippen molar-refractivity contribution in [1.29, 1.82) is 0 Å². The second-order valence-corrected chi connectivity index (χ2v) is 10.2. The first-order chi connectivity index (χ1) is 17.1. The zero-order chi connectivity index (χ0) is 25.8. The third-order valence-corrected chi connectivity index (χ3v) is 6.81. The number of carboxylic acid groups (broad SMARTS) is 1. The largest absolute Gasteiger partial charge is 0.480 e. The van der Waals surface area contributed by atoms with Crippen molar-refractivity contribution in [3.05, 3.63) is 12.2 Å². The number of carboxylic acids is 1. The zero-order valence-electron chi connectivity index (χ0n) is 23.0. The Labute approximate surface area is 217 Å². The number of carbonyl (C=O) groups is 2. The second kappa shape index (κ2) is 27.2. The van der Waals surface area contributed by atoms with E-state index in [1.807, 2.05) is 6.08 Å². The Kier molecular flexibility index (Phi) is 26.2. The van der Waals surface area contributed by atoms with Gasteiger partial charge in [0, 0.05) is 0 Å². The molecule has 0 bridgehead atoms. The second-order valence-electron chi connectivity index (χ2n) is 10.2. The zero-order valence-corrected chi connectivity index (χ0v) is 23.0. The molecule has 0 aliphatic carbocycles. The van der Waals surface area contributed by atoms with E-state index in [1.54, 1.807) is 0 Å². The molecule has 0 radical (unpaired) electrons. The number of amides is 1. The van der Waals surface area contributed by atoms with Crippen molar-refractivity contribution in [2.45, 2.75) is 161 Å². The summed E-state index contributed by atoms with van der Waals surface area (Å²) in [5.41, 5.74) is 5.44. The van der Waals surface area contributed by atoms with Crippen LogP contribution in [0.1, 0.15) is 155 Å². The van der Waals surface area contributed by atoms with Crippen LogP contribution in [-0.4, -0.2) is 29.6 Å². The van der Waals surface area contributed by atoms with E-state index in [0.29, 0.717) is 19.4 Å². The lowest BCUT2D eigenvalue weighted by molar-refractivity contribution is -0.141. The summed E-state index contributed by atoms with van der Waals surface area (Å²) in [4.78, 5) is 23.1. The Bertz CT molecular complexity index is 508. The first-order valence-corrected chi connectivity index (χ1v) is 15.0. The van der Waals surface area contributed by atoms with Gasteiger partial charge in [-0.1, -0.05) is 129 Å². The van der Waals surface area contributed by atoms with Gasteiger partial charge in [0.1, 0.15) is 6.04 Å².